The lowest BCUT2D eigenvalue weighted by Crippen LogP contribution is -2.53. The van der Waals surface area contributed by atoms with Gasteiger partial charge in [-0.1, -0.05) is 30.3 Å². The van der Waals surface area contributed by atoms with Gasteiger partial charge in [0.2, 0.25) is 5.91 Å². The molecule has 2 aromatic carbocycles. The SMILES string of the molecule is N#Cc1ccc(NC(=O)N[C@@H](CC(=O)O)C(=O)NC(Cc2ccccc2)C(=O)O)cc1. The van der Waals surface area contributed by atoms with E-state index in [2.05, 4.69) is 16.0 Å². The van der Waals surface area contributed by atoms with Crippen LogP contribution in [0.1, 0.15) is 17.5 Å². The van der Waals surface area contributed by atoms with Gasteiger partial charge in [0, 0.05) is 12.1 Å². The Morgan fingerprint density at radius 1 is 0.903 bits per heavy atom. The van der Waals surface area contributed by atoms with Gasteiger partial charge in [0.25, 0.3) is 0 Å². The number of nitrogens with zero attached hydrogens (tertiary/aromatic N) is 1. The van der Waals surface area contributed by atoms with E-state index < -0.39 is 42.4 Å². The van der Waals surface area contributed by atoms with Crippen LogP contribution in [0.15, 0.2) is 54.6 Å². The van der Waals surface area contributed by atoms with Crippen molar-refractivity contribution < 1.29 is 29.4 Å². The first-order valence-corrected chi connectivity index (χ1v) is 9.15. The summed E-state index contributed by atoms with van der Waals surface area (Å²) in [6.45, 7) is 0. The number of carboxylic acids is 2. The number of rotatable bonds is 9. The van der Waals surface area contributed by atoms with E-state index in [-0.39, 0.29) is 6.42 Å². The van der Waals surface area contributed by atoms with E-state index in [4.69, 9.17) is 10.4 Å². The number of carbonyl (C=O) groups excluding carboxylic acids is 2. The Morgan fingerprint density at radius 3 is 2.10 bits per heavy atom. The third kappa shape index (κ3) is 7.51. The summed E-state index contributed by atoms with van der Waals surface area (Å²) in [5.74, 6) is -3.59. The highest BCUT2D eigenvalue weighted by Gasteiger charge is 2.28. The molecular formula is C21H20N4O6. The first kappa shape index (κ1) is 22.9. The molecule has 10 heteroatoms. The van der Waals surface area contributed by atoms with Crippen molar-refractivity contribution in [2.24, 2.45) is 0 Å². The van der Waals surface area contributed by atoms with Gasteiger partial charge in [-0.2, -0.15) is 5.26 Å². The molecule has 0 aliphatic carbocycles. The zero-order chi connectivity index (χ0) is 22.8. The largest absolute Gasteiger partial charge is 0.481 e. The maximum Gasteiger partial charge on any atom is 0.326 e. The quantitative estimate of drug-likeness (QED) is 0.404. The van der Waals surface area contributed by atoms with Crippen molar-refractivity contribution in [2.45, 2.75) is 24.9 Å². The van der Waals surface area contributed by atoms with Crippen molar-refractivity contribution in [2.75, 3.05) is 5.32 Å². The van der Waals surface area contributed by atoms with Crippen LogP contribution >= 0.6 is 0 Å². The number of carboxylic acid groups (broad SMARTS) is 2. The fraction of sp³-hybridized carbons (Fsp3) is 0.190. The van der Waals surface area contributed by atoms with Gasteiger partial charge in [-0.15, -0.1) is 0 Å². The van der Waals surface area contributed by atoms with Gasteiger partial charge in [-0.3, -0.25) is 9.59 Å². The molecule has 0 radical (unpaired) electrons. The van der Waals surface area contributed by atoms with E-state index >= 15 is 0 Å². The fourth-order valence-electron chi connectivity index (χ4n) is 2.66. The smallest absolute Gasteiger partial charge is 0.326 e. The van der Waals surface area contributed by atoms with Gasteiger partial charge in [0.05, 0.1) is 18.1 Å². The zero-order valence-electron chi connectivity index (χ0n) is 16.2. The number of hydrogen-bond donors (Lipinski definition) is 5. The minimum absolute atomic E-state index is 0.0147. The molecule has 0 aliphatic heterocycles. The van der Waals surface area contributed by atoms with Gasteiger partial charge >= 0.3 is 18.0 Å². The molecule has 3 amide bonds. The molecule has 2 aromatic rings. The maximum atomic E-state index is 12.5. The summed E-state index contributed by atoms with van der Waals surface area (Å²) in [4.78, 5) is 47.4. The van der Waals surface area contributed by atoms with Crippen LogP contribution in [0.2, 0.25) is 0 Å². The molecule has 0 spiro atoms. The van der Waals surface area contributed by atoms with Crippen molar-refractivity contribution in [1.82, 2.24) is 10.6 Å². The van der Waals surface area contributed by atoms with E-state index in [0.29, 0.717) is 16.8 Å². The van der Waals surface area contributed by atoms with Gasteiger partial charge in [-0.05, 0) is 29.8 Å². The predicted molar refractivity (Wildman–Crippen MR) is 109 cm³/mol. The van der Waals surface area contributed by atoms with Crippen LogP contribution in [0.3, 0.4) is 0 Å². The normalized spacial score (nSPS) is 12.0. The van der Waals surface area contributed by atoms with Crippen LogP contribution in [0, 0.1) is 11.3 Å². The van der Waals surface area contributed by atoms with Crippen molar-refractivity contribution in [3.8, 4) is 6.07 Å². The highest BCUT2D eigenvalue weighted by molar-refractivity contribution is 5.96. The fourth-order valence-corrected chi connectivity index (χ4v) is 2.66. The van der Waals surface area contributed by atoms with E-state index in [1.807, 2.05) is 6.07 Å². The lowest BCUT2D eigenvalue weighted by Gasteiger charge is -2.20. The minimum Gasteiger partial charge on any atom is -0.481 e. The van der Waals surface area contributed by atoms with Crippen molar-refractivity contribution in [3.05, 3.63) is 65.7 Å². The molecule has 160 valence electrons. The molecule has 0 bridgehead atoms. The molecule has 0 saturated carbocycles. The third-order valence-corrected chi connectivity index (χ3v) is 4.17. The maximum absolute atomic E-state index is 12.5. The van der Waals surface area contributed by atoms with Gasteiger partial charge < -0.3 is 26.2 Å². The standard InChI is InChI=1S/C21H20N4O6/c22-12-14-6-8-15(9-7-14)23-21(31)25-16(11-18(26)27)19(28)24-17(20(29)30)10-13-4-2-1-3-5-13/h1-9,16-17H,10-11H2,(H,24,28)(H,26,27)(H,29,30)(H2,23,25,31)/t16-,17?/m0/s1. The lowest BCUT2D eigenvalue weighted by molar-refractivity contribution is -0.142. The molecule has 0 aliphatic rings. The van der Waals surface area contributed by atoms with E-state index in [9.17, 15) is 24.3 Å². The number of nitriles is 1. The van der Waals surface area contributed by atoms with E-state index in [1.54, 1.807) is 30.3 Å². The number of aliphatic carboxylic acids is 2. The topological polar surface area (TPSA) is 169 Å². The van der Waals surface area contributed by atoms with Gasteiger partial charge in [0.1, 0.15) is 12.1 Å². The van der Waals surface area contributed by atoms with Crippen LogP contribution < -0.4 is 16.0 Å². The number of amides is 3. The number of anilines is 1. The molecule has 0 aromatic heterocycles. The molecule has 10 nitrogen and oxygen atoms in total. The molecule has 0 fully saturated rings. The molecule has 1 unspecified atom stereocenters. The first-order chi connectivity index (χ1) is 14.8. The summed E-state index contributed by atoms with van der Waals surface area (Å²) >= 11 is 0. The van der Waals surface area contributed by atoms with Crippen LogP contribution in [0.5, 0.6) is 0 Å². The van der Waals surface area contributed by atoms with Crippen molar-refractivity contribution in [3.63, 3.8) is 0 Å². The van der Waals surface area contributed by atoms with Crippen LogP contribution in [-0.4, -0.2) is 46.2 Å². The lowest BCUT2D eigenvalue weighted by atomic mass is 10.1. The summed E-state index contributed by atoms with van der Waals surface area (Å²) < 4.78 is 0. The average molecular weight is 424 g/mol. The zero-order valence-corrected chi connectivity index (χ0v) is 16.2. The Balaban J connectivity index is 2.05. The second kappa shape index (κ2) is 11.0. The number of hydrogen-bond acceptors (Lipinski definition) is 5. The minimum atomic E-state index is -1.51. The van der Waals surface area contributed by atoms with Crippen molar-refractivity contribution >= 4 is 29.6 Å². The van der Waals surface area contributed by atoms with Gasteiger partial charge in [0.15, 0.2) is 0 Å². The second-order valence-electron chi connectivity index (χ2n) is 6.53. The Hall–Kier alpha value is -4.39. The van der Waals surface area contributed by atoms with E-state index in [0.717, 1.165) is 0 Å². The summed E-state index contributed by atoms with van der Waals surface area (Å²) in [6, 6.07) is 12.7. The summed E-state index contributed by atoms with van der Waals surface area (Å²) in [6.07, 6.45) is -0.760. The Bertz CT molecular complexity index is 985. The molecule has 0 heterocycles. The number of carbonyl (C=O) groups is 4. The van der Waals surface area contributed by atoms with Crippen molar-refractivity contribution in [1.29, 1.82) is 5.26 Å². The molecular weight excluding hydrogens is 404 g/mol. The highest BCUT2D eigenvalue weighted by atomic mass is 16.4. The summed E-state index contributed by atoms with van der Waals surface area (Å²) in [5, 5.41) is 34.2. The summed E-state index contributed by atoms with van der Waals surface area (Å²) in [7, 11) is 0. The second-order valence-corrected chi connectivity index (χ2v) is 6.53. The third-order valence-electron chi connectivity index (χ3n) is 4.17. The molecule has 2 rings (SSSR count). The van der Waals surface area contributed by atoms with Crippen LogP contribution in [0.4, 0.5) is 10.5 Å². The van der Waals surface area contributed by atoms with E-state index in [1.165, 1.54) is 24.3 Å². The first-order valence-electron chi connectivity index (χ1n) is 9.15. The van der Waals surface area contributed by atoms with Crippen LogP contribution in [0.25, 0.3) is 0 Å². The molecule has 2 atom stereocenters. The summed E-state index contributed by atoms with van der Waals surface area (Å²) in [5.41, 5.74) is 1.36. The molecule has 31 heavy (non-hydrogen) atoms. The average Bonchev–Trinajstić information content (AvgIpc) is 2.73. The Morgan fingerprint density at radius 2 is 1.55 bits per heavy atom. The highest BCUT2D eigenvalue weighted by Crippen LogP contribution is 2.09. The van der Waals surface area contributed by atoms with Crippen LogP contribution in [-0.2, 0) is 20.8 Å². The van der Waals surface area contributed by atoms with Gasteiger partial charge in [-0.25, -0.2) is 9.59 Å². The Labute approximate surface area is 177 Å². The monoisotopic (exact) mass is 424 g/mol. The predicted octanol–water partition coefficient (Wildman–Crippen LogP) is 1.34. The number of nitrogens with one attached hydrogen (secondary N) is 3. The number of urea groups is 1. The number of benzene rings is 2. The molecule has 0 saturated heterocycles. The Kier molecular flexibility index (Phi) is 8.10. The molecule has 5 N–H and O–H groups in total.